The molecule has 4 aromatic rings. The van der Waals surface area contributed by atoms with Gasteiger partial charge in [0.2, 0.25) is 0 Å². The molecule has 340 valence electrons. The molecule has 5 rings (SSSR count). The number of carbonyl (C=O) groups is 4. The first-order valence-corrected chi connectivity index (χ1v) is 21.7. The molecule has 0 N–H and O–H groups in total. The van der Waals surface area contributed by atoms with E-state index in [4.69, 9.17) is 37.9 Å². The van der Waals surface area contributed by atoms with E-state index < -0.39 is 24.5 Å². The normalized spacial score (nSPS) is 14.4. The van der Waals surface area contributed by atoms with E-state index in [0.717, 1.165) is 77.0 Å². The number of ether oxygens (including phenoxy) is 8. The highest BCUT2D eigenvalue weighted by Crippen LogP contribution is 2.23. The van der Waals surface area contributed by atoms with Gasteiger partial charge < -0.3 is 37.9 Å². The predicted molar refractivity (Wildman–Crippen MR) is 234 cm³/mol. The average Bonchev–Trinajstić information content (AvgIpc) is 3.33. The number of unbranched alkanes of at least 4 members (excludes halogenated alkanes) is 10. The molecule has 2 aromatic carbocycles. The van der Waals surface area contributed by atoms with Gasteiger partial charge in [-0.2, -0.15) is 0 Å². The summed E-state index contributed by atoms with van der Waals surface area (Å²) >= 11 is 0. The lowest BCUT2D eigenvalue weighted by molar-refractivity contribution is -0.288. The summed E-state index contributed by atoms with van der Waals surface area (Å²) in [5, 5.41) is 0. The fourth-order valence-electron chi connectivity index (χ4n) is 6.27. The topological polar surface area (TPSA) is 194 Å². The average molecular weight is 881 g/mol. The molecule has 1 aliphatic rings. The molecule has 1 saturated heterocycles. The molecule has 0 aliphatic carbocycles. The second-order valence-corrected chi connectivity index (χ2v) is 14.6. The zero-order chi connectivity index (χ0) is 45.2. The zero-order valence-corrected chi connectivity index (χ0v) is 36.1. The number of benzene rings is 2. The summed E-state index contributed by atoms with van der Waals surface area (Å²) in [6, 6.07) is 13.1. The fraction of sp³-hybridized carbons (Fsp3) is 0.417. The van der Waals surface area contributed by atoms with Crippen molar-refractivity contribution >= 4 is 23.9 Å². The van der Waals surface area contributed by atoms with Gasteiger partial charge >= 0.3 is 23.9 Å². The number of rotatable bonds is 28. The Hall–Kier alpha value is -6.52. The summed E-state index contributed by atoms with van der Waals surface area (Å²) in [6.07, 6.45) is 18.0. The fourth-order valence-corrected chi connectivity index (χ4v) is 6.27. The second-order valence-electron chi connectivity index (χ2n) is 14.6. The van der Waals surface area contributed by atoms with Crippen LogP contribution >= 0.6 is 0 Å². The lowest BCUT2D eigenvalue weighted by Crippen LogP contribution is -2.44. The van der Waals surface area contributed by atoms with Crippen LogP contribution < -0.4 is 9.47 Å². The minimum absolute atomic E-state index is 0.137. The van der Waals surface area contributed by atoms with Crippen LogP contribution in [0.2, 0.25) is 0 Å². The Morgan fingerprint density at radius 3 is 1.17 bits per heavy atom. The van der Waals surface area contributed by atoms with Crippen LogP contribution in [0.15, 0.2) is 98.6 Å². The Balaban J connectivity index is 0.987. The number of hydrogen-bond acceptors (Lipinski definition) is 16. The standard InChI is InChI=1S/C48H56N4O12/c1-3-41(53)59-27-15-11-7-5-9-13-25-57-39-31-49-43(50-32-39)35-17-21-37(22-18-35)45(55)63-47-48(62-30-29-61-47)64-46(56)38-23-19-36(20-24-38)44-51-33-40(34-52-44)58-26-14-10-6-8-12-16-28-60-42(54)4-2/h3-4,17-24,31-34,47-48H,1-2,5-16,25-30H2. The third kappa shape index (κ3) is 17.0. The van der Waals surface area contributed by atoms with Gasteiger partial charge in [-0.3, -0.25) is 0 Å². The van der Waals surface area contributed by atoms with Gasteiger partial charge in [-0.25, -0.2) is 39.1 Å². The molecule has 0 bridgehead atoms. The highest BCUT2D eigenvalue weighted by atomic mass is 16.8. The maximum absolute atomic E-state index is 13.1. The zero-order valence-electron chi connectivity index (χ0n) is 36.1. The first-order chi connectivity index (χ1) is 31.3. The van der Waals surface area contributed by atoms with Crippen molar-refractivity contribution in [2.24, 2.45) is 0 Å². The summed E-state index contributed by atoms with van der Waals surface area (Å²) in [7, 11) is 0. The molecule has 64 heavy (non-hydrogen) atoms. The maximum atomic E-state index is 13.1. The van der Waals surface area contributed by atoms with Crippen LogP contribution in [0.5, 0.6) is 11.5 Å². The maximum Gasteiger partial charge on any atom is 0.340 e. The molecule has 16 heteroatoms. The molecule has 0 saturated carbocycles. The Morgan fingerprint density at radius 1 is 0.500 bits per heavy atom. The molecule has 3 heterocycles. The molecule has 1 fully saturated rings. The van der Waals surface area contributed by atoms with E-state index in [0.29, 0.717) is 60.7 Å². The van der Waals surface area contributed by atoms with E-state index in [1.165, 1.54) is 12.2 Å². The molecule has 1 aliphatic heterocycles. The van der Waals surface area contributed by atoms with Crippen molar-refractivity contribution < 1.29 is 57.1 Å². The van der Waals surface area contributed by atoms with Gasteiger partial charge in [0, 0.05) is 23.3 Å². The highest BCUT2D eigenvalue weighted by Gasteiger charge is 2.34. The Kier molecular flexibility index (Phi) is 20.9. The molecule has 0 radical (unpaired) electrons. The molecule has 2 aromatic heterocycles. The minimum atomic E-state index is -1.29. The third-order valence-corrected chi connectivity index (χ3v) is 9.77. The highest BCUT2D eigenvalue weighted by molar-refractivity contribution is 5.91. The summed E-state index contributed by atoms with van der Waals surface area (Å²) in [6.45, 7) is 8.97. The van der Waals surface area contributed by atoms with Crippen molar-refractivity contribution in [3.63, 3.8) is 0 Å². The number of carbonyl (C=O) groups excluding carboxylic acids is 4. The Labute approximate surface area is 373 Å². The monoisotopic (exact) mass is 880 g/mol. The second kappa shape index (κ2) is 27.5. The van der Waals surface area contributed by atoms with Crippen molar-refractivity contribution in [3.8, 4) is 34.3 Å². The van der Waals surface area contributed by atoms with Gasteiger partial charge in [0.15, 0.2) is 23.1 Å². The van der Waals surface area contributed by atoms with Crippen molar-refractivity contribution in [1.82, 2.24) is 19.9 Å². The van der Waals surface area contributed by atoms with E-state index >= 15 is 0 Å². The Morgan fingerprint density at radius 2 is 0.828 bits per heavy atom. The van der Waals surface area contributed by atoms with Gasteiger partial charge in [0.05, 0.1) is 75.6 Å². The summed E-state index contributed by atoms with van der Waals surface area (Å²) in [5.41, 5.74) is 1.84. The molecule has 2 unspecified atom stereocenters. The van der Waals surface area contributed by atoms with E-state index in [1.807, 2.05) is 0 Å². The Bertz CT molecular complexity index is 1910. The molecule has 0 spiro atoms. The molecule has 16 nitrogen and oxygen atoms in total. The molecule has 0 amide bonds. The van der Waals surface area contributed by atoms with Crippen molar-refractivity contribution in [2.75, 3.05) is 39.6 Å². The van der Waals surface area contributed by atoms with Crippen molar-refractivity contribution in [2.45, 2.75) is 89.6 Å². The molecular weight excluding hydrogens is 825 g/mol. The quantitative estimate of drug-likeness (QED) is 0.0229. The number of aromatic nitrogens is 4. The van der Waals surface area contributed by atoms with Crippen LogP contribution in [-0.2, 0) is 38.0 Å². The van der Waals surface area contributed by atoms with Gasteiger partial charge in [0.1, 0.15) is 0 Å². The largest absolute Gasteiger partial charge is 0.490 e. The van der Waals surface area contributed by atoms with Crippen molar-refractivity contribution in [3.05, 3.63) is 110 Å². The van der Waals surface area contributed by atoms with E-state index in [9.17, 15) is 19.2 Å². The summed E-state index contributed by atoms with van der Waals surface area (Å²) in [5.74, 6) is -0.126. The number of nitrogens with zero attached hydrogens (tertiary/aromatic N) is 4. The molecular formula is C48H56N4O12. The third-order valence-electron chi connectivity index (χ3n) is 9.77. The van der Waals surface area contributed by atoms with Crippen LogP contribution in [0, 0.1) is 0 Å². The van der Waals surface area contributed by atoms with Crippen molar-refractivity contribution in [1.29, 1.82) is 0 Å². The SMILES string of the molecule is C=CC(=O)OCCCCCCCCOc1cnc(-c2ccc(C(=O)OC3OCCOC3OC(=O)c3ccc(-c4ncc(OCCCCCCCCOC(=O)C=C)cn4)cc3)cc2)nc1. The number of esters is 4. The van der Waals surface area contributed by atoms with Crippen LogP contribution in [0.1, 0.15) is 97.8 Å². The summed E-state index contributed by atoms with van der Waals surface area (Å²) in [4.78, 5) is 65.9. The minimum Gasteiger partial charge on any atom is -0.490 e. The first-order valence-electron chi connectivity index (χ1n) is 21.7. The lowest BCUT2D eigenvalue weighted by atomic mass is 10.1. The van der Waals surface area contributed by atoms with E-state index in [1.54, 1.807) is 73.3 Å². The lowest BCUT2D eigenvalue weighted by Gasteiger charge is -2.30. The van der Waals surface area contributed by atoms with Gasteiger partial charge in [-0.1, -0.05) is 88.8 Å². The number of hydrogen-bond donors (Lipinski definition) is 0. The van der Waals surface area contributed by atoms with E-state index in [-0.39, 0.29) is 36.3 Å². The first kappa shape index (κ1) is 48.5. The summed E-state index contributed by atoms with van der Waals surface area (Å²) < 4.78 is 43.9. The van der Waals surface area contributed by atoms with Gasteiger partial charge in [-0.15, -0.1) is 0 Å². The van der Waals surface area contributed by atoms with Crippen LogP contribution in [0.25, 0.3) is 22.8 Å². The van der Waals surface area contributed by atoms with Crippen LogP contribution in [-0.4, -0.2) is 96.0 Å². The van der Waals surface area contributed by atoms with Gasteiger partial charge in [0.25, 0.3) is 12.6 Å². The van der Waals surface area contributed by atoms with Crippen LogP contribution in [0.4, 0.5) is 0 Å². The van der Waals surface area contributed by atoms with E-state index in [2.05, 4.69) is 33.1 Å². The molecule has 2 atom stereocenters. The van der Waals surface area contributed by atoms with Gasteiger partial charge in [-0.05, 0) is 49.9 Å². The smallest absolute Gasteiger partial charge is 0.340 e. The predicted octanol–water partition coefficient (Wildman–Crippen LogP) is 8.21. The van der Waals surface area contributed by atoms with Crippen LogP contribution in [0.3, 0.4) is 0 Å².